The molecule has 108 valence electrons. The van der Waals surface area contributed by atoms with E-state index in [1.807, 2.05) is 28.9 Å². The maximum Gasteiger partial charge on any atom is 0.227 e. The van der Waals surface area contributed by atoms with E-state index in [2.05, 4.69) is 27.8 Å². The molecule has 1 N–H and O–H groups in total. The van der Waals surface area contributed by atoms with Crippen molar-refractivity contribution in [3.05, 3.63) is 24.3 Å². The Balaban J connectivity index is 1.57. The SMILES string of the molecule is C[C@H]1C[C@H]1C(=O)Nc1cccc(-c2nnnn2C2CC2)c1. The molecule has 0 unspecified atom stereocenters. The molecule has 21 heavy (non-hydrogen) atoms. The van der Waals surface area contributed by atoms with Gasteiger partial charge >= 0.3 is 0 Å². The number of aromatic nitrogens is 4. The first kappa shape index (κ1) is 12.5. The van der Waals surface area contributed by atoms with Crippen LogP contribution in [0.15, 0.2) is 24.3 Å². The fourth-order valence-corrected chi connectivity index (χ4v) is 2.61. The lowest BCUT2D eigenvalue weighted by Crippen LogP contribution is -2.14. The number of carbonyl (C=O) groups excluding carboxylic acids is 1. The number of nitrogens with zero attached hydrogens (tertiary/aromatic N) is 4. The van der Waals surface area contributed by atoms with Gasteiger partial charge in [-0.05, 0) is 47.7 Å². The molecule has 1 aromatic heterocycles. The number of nitrogens with one attached hydrogen (secondary N) is 1. The summed E-state index contributed by atoms with van der Waals surface area (Å²) in [4.78, 5) is 12.0. The molecule has 1 aromatic carbocycles. The molecular formula is C15H17N5O. The van der Waals surface area contributed by atoms with E-state index in [4.69, 9.17) is 0 Å². The second-order valence-electron chi connectivity index (χ2n) is 6.07. The largest absolute Gasteiger partial charge is 0.326 e. The van der Waals surface area contributed by atoms with Crippen LogP contribution in [-0.4, -0.2) is 26.1 Å². The van der Waals surface area contributed by atoms with Gasteiger partial charge in [0.15, 0.2) is 5.82 Å². The Morgan fingerprint density at radius 3 is 2.90 bits per heavy atom. The highest BCUT2D eigenvalue weighted by atomic mass is 16.2. The van der Waals surface area contributed by atoms with Gasteiger partial charge < -0.3 is 5.32 Å². The fraction of sp³-hybridized carbons (Fsp3) is 0.467. The lowest BCUT2D eigenvalue weighted by atomic mass is 10.2. The van der Waals surface area contributed by atoms with Crippen LogP contribution in [0.2, 0.25) is 0 Å². The van der Waals surface area contributed by atoms with E-state index in [9.17, 15) is 4.79 Å². The van der Waals surface area contributed by atoms with Gasteiger partial charge in [0, 0.05) is 17.2 Å². The van der Waals surface area contributed by atoms with Gasteiger partial charge in [0.05, 0.1) is 6.04 Å². The molecule has 0 bridgehead atoms. The van der Waals surface area contributed by atoms with Crippen LogP contribution < -0.4 is 5.32 Å². The Bertz CT molecular complexity index is 691. The second-order valence-corrected chi connectivity index (χ2v) is 6.07. The number of rotatable bonds is 4. The molecule has 2 aliphatic rings. The van der Waals surface area contributed by atoms with Gasteiger partial charge in [-0.3, -0.25) is 4.79 Å². The zero-order valence-electron chi connectivity index (χ0n) is 11.9. The summed E-state index contributed by atoms with van der Waals surface area (Å²) in [6.45, 7) is 2.10. The summed E-state index contributed by atoms with van der Waals surface area (Å²) in [5.74, 6) is 1.57. The number of hydrogen-bond acceptors (Lipinski definition) is 4. The first-order valence-corrected chi connectivity index (χ1v) is 7.41. The Labute approximate surface area is 122 Å². The average Bonchev–Trinajstić information content (AvgIpc) is 3.39. The predicted molar refractivity (Wildman–Crippen MR) is 77.4 cm³/mol. The highest BCUT2D eigenvalue weighted by molar-refractivity contribution is 5.94. The molecule has 2 aliphatic carbocycles. The molecule has 2 fully saturated rings. The first-order chi connectivity index (χ1) is 10.2. The summed E-state index contributed by atoms with van der Waals surface area (Å²) < 4.78 is 1.88. The van der Waals surface area contributed by atoms with Crippen molar-refractivity contribution in [2.24, 2.45) is 11.8 Å². The lowest BCUT2D eigenvalue weighted by Gasteiger charge is -2.07. The molecular weight excluding hydrogens is 266 g/mol. The summed E-state index contributed by atoms with van der Waals surface area (Å²) in [7, 11) is 0. The molecule has 0 saturated heterocycles. The van der Waals surface area contributed by atoms with Gasteiger partial charge in [0.2, 0.25) is 5.91 Å². The molecule has 1 amide bonds. The maximum absolute atomic E-state index is 12.0. The van der Waals surface area contributed by atoms with Crippen LogP contribution in [0.1, 0.15) is 32.2 Å². The normalized spacial score (nSPS) is 23.9. The minimum atomic E-state index is 0.112. The number of anilines is 1. The van der Waals surface area contributed by atoms with E-state index < -0.39 is 0 Å². The molecule has 2 saturated carbocycles. The van der Waals surface area contributed by atoms with Crippen LogP contribution in [-0.2, 0) is 4.79 Å². The number of carbonyl (C=O) groups is 1. The third-order valence-electron chi connectivity index (χ3n) is 4.22. The Morgan fingerprint density at radius 1 is 1.38 bits per heavy atom. The fourth-order valence-electron chi connectivity index (χ4n) is 2.61. The van der Waals surface area contributed by atoms with Crippen LogP contribution >= 0.6 is 0 Å². The standard InChI is InChI=1S/C15H17N5O/c1-9-7-13(9)15(21)16-11-4-2-3-10(8-11)14-17-18-19-20(14)12-5-6-12/h2-4,8-9,12-13H,5-7H2,1H3,(H,16,21)/t9-,13+/m0/s1. The van der Waals surface area contributed by atoms with Crippen molar-refractivity contribution in [2.75, 3.05) is 5.32 Å². The number of amides is 1. The predicted octanol–water partition coefficient (Wildman–Crippen LogP) is 2.27. The van der Waals surface area contributed by atoms with Crippen LogP contribution in [0, 0.1) is 11.8 Å². The monoisotopic (exact) mass is 283 g/mol. The Kier molecular flexibility index (Phi) is 2.77. The van der Waals surface area contributed by atoms with Crippen molar-refractivity contribution in [2.45, 2.75) is 32.2 Å². The van der Waals surface area contributed by atoms with E-state index in [0.717, 1.165) is 36.3 Å². The van der Waals surface area contributed by atoms with Crippen molar-refractivity contribution in [3.63, 3.8) is 0 Å². The summed E-state index contributed by atoms with van der Waals surface area (Å²) in [5.41, 5.74) is 1.75. The van der Waals surface area contributed by atoms with Gasteiger partial charge in [0.1, 0.15) is 0 Å². The third-order valence-corrected chi connectivity index (χ3v) is 4.22. The highest BCUT2D eigenvalue weighted by Crippen LogP contribution is 2.39. The zero-order chi connectivity index (χ0) is 14.4. The van der Waals surface area contributed by atoms with Crippen molar-refractivity contribution in [1.82, 2.24) is 20.2 Å². The molecule has 0 aliphatic heterocycles. The van der Waals surface area contributed by atoms with E-state index in [1.165, 1.54) is 0 Å². The van der Waals surface area contributed by atoms with E-state index in [0.29, 0.717) is 12.0 Å². The van der Waals surface area contributed by atoms with Gasteiger partial charge in [-0.25, -0.2) is 4.68 Å². The zero-order valence-corrected chi connectivity index (χ0v) is 11.9. The molecule has 4 rings (SSSR count). The molecule has 0 spiro atoms. The van der Waals surface area contributed by atoms with Crippen molar-refractivity contribution in [3.8, 4) is 11.4 Å². The smallest absolute Gasteiger partial charge is 0.227 e. The molecule has 2 aromatic rings. The molecule has 6 heteroatoms. The molecule has 0 radical (unpaired) electrons. The Morgan fingerprint density at radius 2 is 2.19 bits per heavy atom. The molecule has 6 nitrogen and oxygen atoms in total. The summed E-state index contributed by atoms with van der Waals surface area (Å²) in [5, 5.41) is 14.9. The second kappa shape index (κ2) is 4.65. The van der Waals surface area contributed by atoms with Crippen molar-refractivity contribution in [1.29, 1.82) is 0 Å². The third kappa shape index (κ3) is 2.41. The lowest BCUT2D eigenvalue weighted by molar-refractivity contribution is -0.117. The summed E-state index contributed by atoms with van der Waals surface area (Å²) in [6, 6.07) is 8.17. The van der Waals surface area contributed by atoms with E-state index in [-0.39, 0.29) is 11.8 Å². The molecule has 1 heterocycles. The minimum Gasteiger partial charge on any atom is -0.326 e. The summed E-state index contributed by atoms with van der Waals surface area (Å²) >= 11 is 0. The maximum atomic E-state index is 12.0. The minimum absolute atomic E-state index is 0.112. The average molecular weight is 283 g/mol. The molecule has 2 atom stereocenters. The topological polar surface area (TPSA) is 72.7 Å². The van der Waals surface area contributed by atoms with Crippen LogP contribution in [0.3, 0.4) is 0 Å². The highest BCUT2D eigenvalue weighted by Gasteiger charge is 2.39. The Hall–Kier alpha value is -2.24. The van der Waals surface area contributed by atoms with Crippen molar-refractivity contribution < 1.29 is 4.79 Å². The van der Waals surface area contributed by atoms with Crippen LogP contribution in [0.5, 0.6) is 0 Å². The van der Waals surface area contributed by atoms with Gasteiger partial charge in [-0.1, -0.05) is 19.1 Å². The van der Waals surface area contributed by atoms with Crippen molar-refractivity contribution >= 4 is 11.6 Å². The van der Waals surface area contributed by atoms with Gasteiger partial charge in [0.25, 0.3) is 0 Å². The van der Waals surface area contributed by atoms with Crippen LogP contribution in [0.4, 0.5) is 5.69 Å². The number of hydrogen-bond donors (Lipinski definition) is 1. The quantitative estimate of drug-likeness (QED) is 0.934. The number of tetrazole rings is 1. The van der Waals surface area contributed by atoms with E-state index >= 15 is 0 Å². The summed E-state index contributed by atoms with van der Waals surface area (Å²) in [6.07, 6.45) is 3.26. The first-order valence-electron chi connectivity index (χ1n) is 7.41. The van der Waals surface area contributed by atoms with Gasteiger partial charge in [-0.15, -0.1) is 5.10 Å². The van der Waals surface area contributed by atoms with E-state index in [1.54, 1.807) is 0 Å². The number of benzene rings is 1. The van der Waals surface area contributed by atoms with Crippen LogP contribution in [0.25, 0.3) is 11.4 Å². The van der Waals surface area contributed by atoms with Gasteiger partial charge in [-0.2, -0.15) is 0 Å².